The Morgan fingerprint density at radius 3 is 2.42 bits per heavy atom. The molecule has 1 heterocycles. The van der Waals surface area contributed by atoms with Gasteiger partial charge < -0.3 is 10.5 Å². The van der Waals surface area contributed by atoms with Crippen LogP contribution in [0.1, 0.15) is 11.1 Å². The lowest BCUT2D eigenvalue weighted by Crippen LogP contribution is -1.97. The molecule has 5 nitrogen and oxygen atoms in total. The smallest absolute Gasteiger partial charge is 0.219 e. The van der Waals surface area contributed by atoms with Gasteiger partial charge in [-0.15, -0.1) is 0 Å². The number of aromatic nitrogens is 1. The summed E-state index contributed by atoms with van der Waals surface area (Å²) in [6, 6.07) is 10.4. The Labute approximate surface area is 123 Å². The number of nitrogens with zero attached hydrogens (tertiary/aromatic N) is 3. The maximum Gasteiger partial charge on any atom is 0.219 e. The average molecular weight is 362 g/mol. The van der Waals surface area contributed by atoms with Crippen LogP contribution in [0.25, 0.3) is 0 Å². The van der Waals surface area contributed by atoms with E-state index >= 15 is 0 Å². The van der Waals surface area contributed by atoms with Crippen LogP contribution in [0, 0.1) is 26.2 Å². The van der Waals surface area contributed by atoms with Crippen molar-refractivity contribution in [1.29, 1.82) is 10.5 Å². The lowest BCUT2D eigenvalue weighted by Gasteiger charge is -2.10. The van der Waals surface area contributed by atoms with E-state index in [1.165, 1.54) is 6.20 Å². The Hall–Kier alpha value is -2.32. The number of hydrogen-bond acceptors (Lipinski definition) is 5. The summed E-state index contributed by atoms with van der Waals surface area (Å²) in [5.41, 5.74) is 7.14. The van der Waals surface area contributed by atoms with Crippen LogP contribution < -0.4 is 10.5 Å². The van der Waals surface area contributed by atoms with Gasteiger partial charge in [0.05, 0.1) is 26.5 Å². The van der Waals surface area contributed by atoms with Crippen LogP contribution in [0.4, 0.5) is 5.69 Å². The zero-order valence-corrected chi connectivity index (χ0v) is 11.7. The minimum Gasteiger partial charge on any atom is -0.436 e. The molecule has 1 aromatic carbocycles. The third-order valence-electron chi connectivity index (χ3n) is 2.27. The Morgan fingerprint density at radius 2 is 1.89 bits per heavy atom. The molecule has 2 aromatic rings. The van der Waals surface area contributed by atoms with E-state index in [1.54, 1.807) is 24.3 Å². The summed E-state index contributed by atoms with van der Waals surface area (Å²) in [6.07, 6.45) is 1.42. The van der Waals surface area contributed by atoms with E-state index in [2.05, 4.69) is 4.98 Å². The molecule has 0 unspecified atom stereocenters. The molecule has 0 spiro atoms. The molecule has 2 rings (SSSR count). The van der Waals surface area contributed by atoms with Crippen molar-refractivity contribution < 1.29 is 4.74 Å². The number of rotatable bonds is 2. The van der Waals surface area contributed by atoms with Crippen LogP contribution in [0.3, 0.4) is 0 Å². The first-order valence-electron chi connectivity index (χ1n) is 5.17. The maximum absolute atomic E-state index is 8.83. The van der Waals surface area contributed by atoms with Crippen molar-refractivity contribution >= 4 is 28.3 Å². The highest BCUT2D eigenvalue weighted by molar-refractivity contribution is 14.1. The minimum absolute atomic E-state index is 0.341. The lowest BCUT2D eigenvalue weighted by molar-refractivity contribution is 0.462. The molecule has 92 valence electrons. The molecular formula is C13H7IN4O. The van der Waals surface area contributed by atoms with E-state index in [1.807, 2.05) is 34.7 Å². The van der Waals surface area contributed by atoms with Gasteiger partial charge in [-0.1, -0.05) is 0 Å². The van der Waals surface area contributed by atoms with Crippen molar-refractivity contribution in [2.75, 3.05) is 5.73 Å². The van der Waals surface area contributed by atoms with Gasteiger partial charge in [0, 0.05) is 12.3 Å². The molecule has 0 amide bonds. The highest BCUT2D eigenvalue weighted by Gasteiger charge is 2.10. The number of nitrogen functional groups attached to an aromatic ring is 1. The number of halogens is 1. The monoisotopic (exact) mass is 362 g/mol. The quantitative estimate of drug-likeness (QED) is 0.655. The maximum atomic E-state index is 8.83. The van der Waals surface area contributed by atoms with Crippen molar-refractivity contribution in [2.24, 2.45) is 0 Å². The predicted octanol–water partition coefficient (Wildman–Crippen LogP) is 2.80. The molecule has 0 atom stereocenters. The summed E-state index contributed by atoms with van der Waals surface area (Å²) in [5.74, 6) is 0.796. The zero-order valence-electron chi connectivity index (χ0n) is 9.59. The Balaban J connectivity index is 2.33. The third-order valence-corrected chi connectivity index (χ3v) is 3.07. The number of benzene rings is 1. The Bertz CT molecular complexity index is 675. The van der Waals surface area contributed by atoms with E-state index in [9.17, 15) is 0 Å². The molecule has 2 N–H and O–H groups in total. The molecule has 0 radical (unpaired) electrons. The fraction of sp³-hybridized carbons (Fsp3) is 0. The Morgan fingerprint density at radius 1 is 1.16 bits per heavy atom. The number of pyridine rings is 1. The first-order chi connectivity index (χ1) is 9.13. The SMILES string of the molecule is N#Cc1ccc(Oc2c(N)cc(C#N)cc2I)nc1. The zero-order chi connectivity index (χ0) is 13.8. The molecule has 0 aliphatic heterocycles. The van der Waals surface area contributed by atoms with E-state index in [0.717, 1.165) is 3.57 Å². The topological polar surface area (TPSA) is 95.7 Å². The number of anilines is 1. The molecule has 0 bridgehead atoms. The van der Waals surface area contributed by atoms with Gasteiger partial charge in [0.15, 0.2) is 5.75 Å². The summed E-state index contributed by atoms with van der Waals surface area (Å²) in [7, 11) is 0. The number of nitriles is 2. The molecule has 0 aliphatic rings. The van der Waals surface area contributed by atoms with Crippen LogP contribution in [-0.2, 0) is 0 Å². The molecule has 0 saturated heterocycles. The highest BCUT2D eigenvalue weighted by Crippen LogP contribution is 2.32. The van der Waals surface area contributed by atoms with Crippen molar-refractivity contribution in [1.82, 2.24) is 4.98 Å². The van der Waals surface area contributed by atoms with E-state index < -0.39 is 0 Å². The molecule has 0 saturated carbocycles. The second kappa shape index (κ2) is 5.55. The fourth-order valence-corrected chi connectivity index (χ4v) is 2.16. The normalized spacial score (nSPS) is 9.42. The van der Waals surface area contributed by atoms with Gasteiger partial charge in [-0.25, -0.2) is 4.98 Å². The predicted molar refractivity (Wildman–Crippen MR) is 77.3 cm³/mol. The van der Waals surface area contributed by atoms with Gasteiger partial charge >= 0.3 is 0 Å². The first kappa shape index (κ1) is 13.1. The van der Waals surface area contributed by atoms with E-state index in [0.29, 0.717) is 28.4 Å². The average Bonchev–Trinajstić information content (AvgIpc) is 2.43. The Kier molecular flexibility index (Phi) is 3.83. The van der Waals surface area contributed by atoms with Gasteiger partial charge in [0.2, 0.25) is 5.88 Å². The van der Waals surface area contributed by atoms with Gasteiger partial charge in [0.1, 0.15) is 6.07 Å². The summed E-state index contributed by atoms with van der Waals surface area (Å²) in [4.78, 5) is 4.00. The second-order valence-electron chi connectivity index (χ2n) is 3.59. The van der Waals surface area contributed by atoms with Crippen molar-refractivity contribution in [3.63, 3.8) is 0 Å². The molecule has 0 fully saturated rings. The van der Waals surface area contributed by atoms with Crippen LogP contribution in [-0.4, -0.2) is 4.98 Å². The molecule has 6 heteroatoms. The van der Waals surface area contributed by atoms with Crippen LogP contribution >= 0.6 is 22.6 Å². The fourth-order valence-electron chi connectivity index (χ4n) is 1.40. The first-order valence-corrected chi connectivity index (χ1v) is 6.25. The van der Waals surface area contributed by atoms with Crippen LogP contribution in [0.2, 0.25) is 0 Å². The summed E-state index contributed by atoms with van der Waals surface area (Å²) in [6.45, 7) is 0. The number of hydrogen-bond donors (Lipinski definition) is 1. The molecule has 0 aliphatic carbocycles. The van der Waals surface area contributed by atoms with Gasteiger partial charge in [0.25, 0.3) is 0 Å². The van der Waals surface area contributed by atoms with Gasteiger partial charge in [-0.3, -0.25) is 0 Å². The second-order valence-corrected chi connectivity index (χ2v) is 4.75. The van der Waals surface area contributed by atoms with Gasteiger partial charge in [-0.05, 0) is 40.8 Å². The lowest BCUT2D eigenvalue weighted by atomic mass is 10.2. The number of ether oxygens (including phenoxy) is 1. The van der Waals surface area contributed by atoms with Crippen LogP contribution in [0.5, 0.6) is 11.6 Å². The van der Waals surface area contributed by atoms with Gasteiger partial charge in [-0.2, -0.15) is 10.5 Å². The standard InChI is InChI=1S/C13H7IN4O/c14-10-3-9(6-16)4-11(17)13(10)19-12-2-1-8(5-15)7-18-12/h1-4,7H,17H2. The molecular weight excluding hydrogens is 355 g/mol. The van der Waals surface area contributed by atoms with Crippen LogP contribution in [0.15, 0.2) is 30.5 Å². The summed E-state index contributed by atoms with van der Waals surface area (Å²) in [5, 5.41) is 17.5. The molecule has 1 aromatic heterocycles. The third kappa shape index (κ3) is 2.92. The van der Waals surface area contributed by atoms with Crippen molar-refractivity contribution in [3.05, 3.63) is 45.2 Å². The largest absolute Gasteiger partial charge is 0.436 e. The minimum atomic E-state index is 0.341. The summed E-state index contributed by atoms with van der Waals surface area (Å²) < 4.78 is 6.30. The molecule has 19 heavy (non-hydrogen) atoms. The highest BCUT2D eigenvalue weighted by atomic mass is 127. The van der Waals surface area contributed by atoms with E-state index in [-0.39, 0.29) is 0 Å². The van der Waals surface area contributed by atoms with Crippen molar-refractivity contribution in [2.45, 2.75) is 0 Å². The van der Waals surface area contributed by atoms with Crippen molar-refractivity contribution in [3.8, 4) is 23.8 Å². The number of nitrogens with two attached hydrogens (primary N) is 1. The van der Waals surface area contributed by atoms with E-state index in [4.69, 9.17) is 21.0 Å². The summed E-state index contributed by atoms with van der Waals surface area (Å²) >= 11 is 2.04.